The minimum Gasteiger partial charge on any atom is -0.464 e. The summed E-state index contributed by atoms with van der Waals surface area (Å²) in [4.78, 5) is 11.7. The number of hydrogen-bond donors (Lipinski definition) is 1. The van der Waals surface area contributed by atoms with Crippen molar-refractivity contribution in [2.45, 2.75) is 33.2 Å². The number of aryl methyl sites for hydroxylation is 1. The second kappa shape index (κ2) is 7.00. The molecule has 3 nitrogen and oxygen atoms in total. The molecule has 0 aliphatic heterocycles. The first-order valence-electron chi connectivity index (χ1n) is 5.88. The van der Waals surface area contributed by atoms with Crippen LogP contribution in [0, 0.1) is 6.92 Å². The van der Waals surface area contributed by atoms with Crippen molar-refractivity contribution < 1.29 is 9.53 Å². The number of esters is 1. The molecule has 5 heteroatoms. The summed E-state index contributed by atoms with van der Waals surface area (Å²) in [5, 5.41) is 3.81. The molecule has 18 heavy (non-hydrogen) atoms. The van der Waals surface area contributed by atoms with E-state index >= 15 is 0 Å². The van der Waals surface area contributed by atoms with E-state index in [2.05, 4.69) is 21.2 Å². The van der Waals surface area contributed by atoms with E-state index < -0.39 is 0 Å². The Balaban J connectivity index is 2.88. The van der Waals surface area contributed by atoms with Crippen LogP contribution < -0.4 is 5.32 Å². The average molecular weight is 335 g/mol. The number of hydrogen-bond acceptors (Lipinski definition) is 3. The molecule has 1 rings (SSSR count). The number of benzene rings is 1. The number of carbonyl (C=O) groups is 1. The zero-order chi connectivity index (χ0) is 13.7. The Morgan fingerprint density at radius 3 is 2.72 bits per heavy atom. The van der Waals surface area contributed by atoms with Gasteiger partial charge in [0.15, 0.2) is 0 Å². The lowest BCUT2D eigenvalue weighted by molar-refractivity contribution is -0.144. The quantitative estimate of drug-likeness (QED) is 0.822. The summed E-state index contributed by atoms with van der Waals surface area (Å²) in [5.41, 5.74) is 1.78. The molecule has 0 amide bonds. The Morgan fingerprint density at radius 1 is 1.50 bits per heavy atom. The zero-order valence-electron chi connectivity index (χ0n) is 10.7. The second-order valence-electron chi connectivity index (χ2n) is 3.94. The number of nitrogens with one attached hydrogen (secondary N) is 1. The van der Waals surface area contributed by atoms with Crippen molar-refractivity contribution in [3.63, 3.8) is 0 Å². The molecule has 0 bridgehead atoms. The van der Waals surface area contributed by atoms with Crippen LogP contribution in [0.1, 0.15) is 25.8 Å². The maximum atomic E-state index is 11.7. The molecule has 0 aliphatic carbocycles. The molecule has 0 heterocycles. The fourth-order valence-electron chi connectivity index (χ4n) is 1.52. The highest BCUT2D eigenvalue weighted by molar-refractivity contribution is 9.10. The van der Waals surface area contributed by atoms with Crippen molar-refractivity contribution in [3.8, 4) is 0 Å². The third-order valence-corrected chi connectivity index (χ3v) is 3.62. The van der Waals surface area contributed by atoms with Crippen molar-refractivity contribution in [3.05, 3.63) is 27.2 Å². The SMILES string of the molecule is CCOC(=O)C(CC)Nc1cc(Cl)c(C)cc1Br. The zero-order valence-corrected chi connectivity index (χ0v) is 13.1. The molecule has 1 unspecified atom stereocenters. The predicted molar refractivity (Wildman–Crippen MR) is 78.2 cm³/mol. The molecule has 1 N–H and O–H groups in total. The van der Waals surface area contributed by atoms with E-state index in [9.17, 15) is 4.79 Å². The van der Waals surface area contributed by atoms with Gasteiger partial charge in [0.2, 0.25) is 0 Å². The lowest BCUT2D eigenvalue weighted by Gasteiger charge is -2.18. The highest BCUT2D eigenvalue weighted by atomic mass is 79.9. The lowest BCUT2D eigenvalue weighted by atomic mass is 10.2. The van der Waals surface area contributed by atoms with Crippen LogP contribution in [-0.2, 0) is 9.53 Å². The van der Waals surface area contributed by atoms with Gasteiger partial charge in [0.1, 0.15) is 6.04 Å². The van der Waals surface area contributed by atoms with Crippen LogP contribution >= 0.6 is 27.5 Å². The van der Waals surface area contributed by atoms with Crippen LogP contribution in [0.25, 0.3) is 0 Å². The van der Waals surface area contributed by atoms with E-state index in [1.807, 2.05) is 26.0 Å². The van der Waals surface area contributed by atoms with E-state index in [0.29, 0.717) is 18.1 Å². The molecule has 0 radical (unpaired) electrons. The fourth-order valence-corrected chi connectivity index (χ4v) is 2.25. The first-order chi connectivity index (χ1) is 8.49. The van der Waals surface area contributed by atoms with Crippen molar-refractivity contribution in [2.75, 3.05) is 11.9 Å². The van der Waals surface area contributed by atoms with Gasteiger partial charge in [0, 0.05) is 9.50 Å². The van der Waals surface area contributed by atoms with Gasteiger partial charge in [-0.15, -0.1) is 0 Å². The van der Waals surface area contributed by atoms with Crippen molar-refractivity contribution in [1.29, 1.82) is 0 Å². The molecule has 0 saturated carbocycles. The third-order valence-electron chi connectivity index (χ3n) is 2.56. The molecule has 100 valence electrons. The molecule has 0 saturated heterocycles. The monoisotopic (exact) mass is 333 g/mol. The van der Waals surface area contributed by atoms with Gasteiger partial charge in [-0.25, -0.2) is 4.79 Å². The molecule has 0 aliphatic rings. The number of halogens is 2. The minimum atomic E-state index is -0.361. The Labute approximate surface area is 121 Å². The van der Waals surface area contributed by atoms with Gasteiger partial charge in [-0.3, -0.25) is 0 Å². The third kappa shape index (κ3) is 3.89. The van der Waals surface area contributed by atoms with E-state index in [0.717, 1.165) is 15.7 Å². The minimum absolute atomic E-state index is 0.247. The largest absolute Gasteiger partial charge is 0.464 e. The summed E-state index contributed by atoms with van der Waals surface area (Å²) in [7, 11) is 0. The summed E-state index contributed by atoms with van der Waals surface area (Å²) >= 11 is 9.53. The first-order valence-corrected chi connectivity index (χ1v) is 7.05. The molecular formula is C13H17BrClNO2. The maximum Gasteiger partial charge on any atom is 0.328 e. The fraction of sp³-hybridized carbons (Fsp3) is 0.462. The summed E-state index contributed by atoms with van der Waals surface area (Å²) in [6.45, 7) is 6.04. The molecule has 1 aromatic rings. The molecule has 0 spiro atoms. The lowest BCUT2D eigenvalue weighted by Crippen LogP contribution is -2.30. The van der Waals surface area contributed by atoms with Crippen LogP contribution in [0.4, 0.5) is 5.69 Å². The predicted octanol–water partition coefficient (Wildman–Crippen LogP) is 4.16. The highest BCUT2D eigenvalue weighted by Gasteiger charge is 2.18. The average Bonchev–Trinajstić information content (AvgIpc) is 2.32. The Morgan fingerprint density at radius 2 is 2.17 bits per heavy atom. The van der Waals surface area contributed by atoms with Gasteiger partial charge in [0.25, 0.3) is 0 Å². The smallest absolute Gasteiger partial charge is 0.328 e. The summed E-state index contributed by atoms with van der Waals surface area (Å²) in [5.74, 6) is -0.247. The van der Waals surface area contributed by atoms with Gasteiger partial charge < -0.3 is 10.1 Å². The van der Waals surface area contributed by atoms with Crippen LogP contribution in [0.5, 0.6) is 0 Å². The normalized spacial score (nSPS) is 12.1. The number of ether oxygens (including phenoxy) is 1. The number of anilines is 1. The topological polar surface area (TPSA) is 38.3 Å². The molecule has 1 aromatic carbocycles. The highest BCUT2D eigenvalue weighted by Crippen LogP contribution is 2.29. The maximum absolute atomic E-state index is 11.7. The van der Waals surface area contributed by atoms with E-state index in [4.69, 9.17) is 16.3 Å². The number of rotatable bonds is 5. The van der Waals surface area contributed by atoms with Crippen molar-refractivity contribution in [1.82, 2.24) is 0 Å². The van der Waals surface area contributed by atoms with E-state index in [1.165, 1.54) is 0 Å². The molecule has 0 aromatic heterocycles. The Hall–Kier alpha value is -0.740. The van der Waals surface area contributed by atoms with Crippen molar-refractivity contribution in [2.24, 2.45) is 0 Å². The van der Waals surface area contributed by atoms with Gasteiger partial charge in [0.05, 0.1) is 12.3 Å². The van der Waals surface area contributed by atoms with Crippen LogP contribution in [-0.4, -0.2) is 18.6 Å². The van der Waals surface area contributed by atoms with Crippen LogP contribution in [0.15, 0.2) is 16.6 Å². The second-order valence-corrected chi connectivity index (χ2v) is 5.20. The van der Waals surface area contributed by atoms with Gasteiger partial charge in [-0.2, -0.15) is 0 Å². The van der Waals surface area contributed by atoms with Crippen molar-refractivity contribution >= 4 is 39.2 Å². The summed E-state index contributed by atoms with van der Waals surface area (Å²) < 4.78 is 5.89. The number of carbonyl (C=O) groups excluding carboxylic acids is 1. The van der Waals surface area contributed by atoms with Gasteiger partial charge in [-0.1, -0.05) is 18.5 Å². The van der Waals surface area contributed by atoms with E-state index in [-0.39, 0.29) is 12.0 Å². The molecule has 0 fully saturated rings. The Kier molecular flexibility index (Phi) is 5.96. The van der Waals surface area contributed by atoms with Gasteiger partial charge in [-0.05, 0) is 53.9 Å². The van der Waals surface area contributed by atoms with E-state index in [1.54, 1.807) is 6.92 Å². The Bertz CT molecular complexity index is 437. The summed E-state index contributed by atoms with van der Waals surface area (Å²) in [6.07, 6.45) is 0.650. The van der Waals surface area contributed by atoms with Crippen LogP contribution in [0.3, 0.4) is 0 Å². The first kappa shape index (κ1) is 15.3. The standard InChI is InChI=1S/C13H17BrClNO2/c1-4-11(13(17)18-5-2)16-12-7-10(15)8(3)6-9(12)14/h6-7,11,16H,4-5H2,1-3H3. The summed E-state index contributed by atoms with van der Waals surface area (Å²) in [6, 6.07) is 3.37. The molecule has 1 atom stereocenters. The van der Waals surface area contributed by atoms with Crippen LogP contribution in [0.2, 0.25) is 5.02 Å². The molecular weight excluding hydrogens is 318 g/mol. The van der Waals surface area contributed by atoms with Gasteiger partial charge >= 0.3 is 5.97 Å².